The molecule has 102 valence electrons. The SMILES string of the molecule is O=C(NCc1ccccc1Cl)C1NNC2CCCC21. The minimum absolute atomic E-state index is 0.0572. The van der Waals surface area contributed by atoms with Crippen LogP contribution in [0.1, 0.15) is 24.8 Å². The van der Waals surface area contributed by atoms with Crippen LogP contribution in [0.25, 0.3) is 0 Å². The molecule has 1 aromatic carbocycles. The maximum atomic E-state index is 12.2. The minimum atomic E-state index is -0.116. The van der Waals surface area contributed by atoms with Gasteiger partial charge in [-0.2, -0.15) is 0 Å². The molecule has 19 heavy (non-hydrogen) atoms. The van der Waals surface area contributed by atoms with Crippen molar-refractivity contribution < 1.29 is 4.79 Å². The molecule has 1 amide bonds. The van der Waals surface area contributed by atoms with Crippen LogP contribution in [0, 0.1) is 5.92 Å². The van der Waals surface area contributed by atoms with Gasteiger partial charge in [-0.05, 0) is 24.5 Å². The number of halogens is 1. The lowest BCUT2D eigenvalue weighted by Crippen LogP contribution is -2.45. The lowest BCUT2D eigenvalue weighted by Gasteiger charge is -2.16. The zero-order chi connectivity index (χ0) is 13.2. The molecule has 0 aromatic heterocycles. The van der Waals surface area contributed by atoms with E-state index in [1.54, 1.807) is 0 Å². The Morgan fingerprint density at radius 2 is 2.16 bits per heavy atom. The maximum absolute atomic E-state index is 12.2. The van der Waals surface area contributed by atoms with Gasteiger partial charge in [-0.1, -0.05) is 36.2 Å². The summed E-state index contributed by atoms with van der Waals surface area (Å²) in [6.07, 6.45) is 3.49. The molecule has 1 saturated carbocycles. The van der Waals surface area contributed by atoms with Crippen molar-refractivity contribution in [2.45, 2.75) is 37.9 Å². The van der Waals surface area contributed by atoms with Gasteiger partial charge in [0.05, 0.1) is 0 Å². The Morgan fingerprint density at radius 3 is 3.00 bits per heavy atom. The number of hydrogen-bond donors (Lipinski definition) is 3. The Balaban J connectivity index is 1.58. The molecule has 1 aliphatic carbocycles. The number of amides is 1. The van der Waals surface area contributed by atoms with E-state index in [9.17, 15) is 4.79 Å². The summed E-state index contributed by atoms with van der Waals surface area (Å²) in [4.78, 5) is 12.2. The lowest BCUT2D eigenvalue weighted by molar-refractivity contribution is -0.123. The van der Waals surface area contributed by atoms with Crippen molar-refractivity contribution in [3.8, 4) is 0 Å². The molecule has 3 unspecified atom stereocenters. The van der Waals surface area contributed by atoms with Crippen LogP contribution in [0.15, 0.2) is 24.3 Å². The summed E-state index contributed by atoms with van der Waals surface area (Å²) in [5, 5.41) is 3.66. The summed E-state index contributed by atoms with van der Waals surface area (Å²) in [6, 6.07) is 7.92. The molecule has 0 radical (unpaired) electrons. The fourth-order valence-electron chi connectivity index (χ4n) is 3.06. The van der Waals surface area contributed by atoms with Gasteiger partial charge in [-0.25, -0.2) is 5.43 Å². The molecule has 3 rings (SSSR count). The Morgan fingerprint density at radius 1 is 1.32 bits per heavy atom. The normalized spacial score (nSPS) is 29.2. The number of hydrogen-bond acceptors (Lipinski definition) is 3. The van der Waals surface area contributed by atoms with Crippen molar-refractivity contribution in [2.24, 2.45) is 5.92 Å². The van der Waals surface area contributed by atoms with Crippen LogP contribution in [0.4, 0.5) is 0 Å². The topological polar surface area (TPSA) is 53.2 Å². The second-order valence-electron chi connectivity index (χ2n) is 5.28. The predicted molar refractivity (Wildman–Crippen MR) is 74.5 cm³/mol. The van der Waals surface area contributed by atoms with Gasteiger partial charge >= 0.3 is 0 Å². The highest BCUT2D eigenvalue weighted by Crippen LogP contribution is 2.31. The molecular formula is C14H18ClN3O. The van der Waals surface area contributed by atoms with Crippen LogP contribution >= 0.6 is 11.6 Å². The monoisotopic (exact) mass is 279 g/mol. The summed E-state index contributed by atoms with van der Waals surface area (Å²) in [5.74, 6) is 0.480. The first-order chi connectivity index (χ1) is 9.25. The van der Waals surface area contributed by atoms with Gasteiger partial charge < -0.3 is 5.32 Å². The van der Waals surface area contributed by atoms with Crippen LogP contribution < -0.4 is 16.2 Å². The van der Waals surface area contributed by atoms with Gasteiger partial charge in [-0.15, -0.1) is 0 Å². The van der Waals surface area contributed by atoms with Gasteiger partial charge in [0.1, 0.15) is 6.04 Å². The first kappa shape index (κ1) is 12.9. The Bertz CT molecular complexity index is 480. The van der Waals surface area contributed by atoms with E-state index in [2.05, 4.69) is 16.2 Å². The number of carbonyl (C=O) groups excluding carboxylic acids is 1. The quantitative estimate of drug-likeness (QED) is 0.788. The fraction of sp³-hybridized carbons (Fsp3) is 0.500. The highest BCUT2D eigenvalue weighted by atomic mass is 35.5. The zero-order valence-corrected chi connectivity index (χ0v) is 11.4. The molecule has 5 heteroatoms. The third kappa shape index (κ3) is 2.61. The van der Waals surface area contributed by atoms with Gasteiger partial charge in [0.25, 0.3) is 0 Å². The van der Waals surface area contributed by atoms with Gasteiger partial charge in [0.15, 0.2) is 0 Å². The molecule has 3 atom stereocenters. The standard InChI is InChI=1S/C14H18ClN3O/c15-11-6-2-1-4-9(11)8-16-14(19)13-10-5-3-7-12(10)17-18-13/h1-2,4,6,10,12-13,17-18H,3,5,7-8H2,(H,16,19). The fourth-order valence-corrected chi connectivity index (χ4v) is 3.27. The van der Waals surface area contributed by atoms with E-state index in [1.807, 2.05) is 24.3 Å². The van der Waals surface area contributed by atoms with Crippen LogP contribution in [0.3, 0.4) is 0 Å². The number of carbonyl (C=O) groups is 1. The Hall–Kier alpha value is -1.10. The second-order valence-corrected chi connectivity index (χ2v) is 5.68. The summed E-state index contributed by atoms with van der Waals surface area (Å²) in [5.41, 5.74) is 7.29. The van der Waals surface area contributed by atoms with Crippen LogP contribution in [-0.4, -0.2) is 18.0 Å². The number of benzene rings is 1. The van der Waals surface area contributed by atoms with Crippen molar-refractivity contribution in [3.05, 3.63) is 34.9 Å². The first-order valence-electron chi connectivity index (χ1n) is 6.78. The van der Waals surface area contributed by atoms with Crippen LogP contribution in [-0.2, 0) is 11.3 Å². The number of hydrazine groups is 1. The summed E-state index contributed by atoms with van der Waals surface area (Å²) < 4.78 is 0. The Kier molecular flexibility index (Phi) is 3.73. The number of fused-ring (bicyclic) bond motifs is 1. The summed E-state index contributed by atoms with van der Waals surface area (Å²) in [6.45, 7) is 0.480. The van der Waals surface area contributed by atoms with Crippen molar-refractivity contribution >= 4 is 17.5 Å². The van der Waals surface area contributed by atoms with E-state index < -0.39 is 0 Å². The largest absolute Gasteiger partial charge is 0.351 e. The third-order valence-electron chi connectivity index (χ3n) is 4.12. The highest BCUT2D eigenvalue weighted by Gasteiger charge is 2.42. The number of nitrogens with one attached hydrogen (secondary N) is 3. The molecule has 4 nitrogen and oxygen atoms in total. The molecule has 3 N–H and O–H groups in total. The van der Waals surface area contributed by atoms with Crippen molar-refractivity contribution in [1.82, 2.24) is 16.2 Å². The van der Waals surface area contributed by atoms with E-state index in [4.69, 9.17) is 11.6 Å². The predicted octanol–water partition coefficient (Wildman–Crippen LogP) is 1.60. The van der Waals surface area contributed by atoms with Gasteiger partial charge in [-0.3, -0.25) is 10.2 Å². The second kappa shape index (κ2) is 5.49. The van der Waals surface area contributed by atoms with Crippen molar-refractivity contribution in [1.29, 1.82) is 0 Å². The summed E-state index contributed by atoms with van der Waals surface area (Å²) >= 11 is 6.08. The molecule has 1 aromatic rings. The average Bonchev–Trinajstić information content (AvgIpc) is 2.99. The van der Waals surface area contributed by atoms with E-state index >= 15 is 0 Å². The molecule has 0 spiro atoms. The van der Waals surface area contributed by atoms with Crippen molar-refractivity contribution in [2.75, 3.05) is 0 Å². The van der Waals surface area contributed by atoms with E-state index in [0.717, 1.165) is 18.4 Å². The molecule has 2 aliphatic rings. The average molecular weight is 280 g/mol. The van der Waals surface area contributed by atoms with E-state index in [0.29, 0.717) is 23.5 Å². The smallest absolute Gasteiger partial charge is 0.239 e. The van der Waals surface area contributed by atoms with E-state index in [-0.39, 0.29) is 11.9 Å². The maximum Gasteiger partial charge on any atom is 0.239 e. The van der Waals surface area contributed by atoms with Crippen LogP contribution in [0.2, 0.25) is 5.02 Å². The van der Waals surface area contributed by atoms with Gasteiger partial charge in [0, 0.05) is 23.5 Å². The van der Waals surface area contributed by atoms with Crippen molar-refractivity contribution in [3.63, 3.8) is 0 Å². The molecular weight excluding hydrogens is 262 g/mol. The Labute approximate surface area is 117 Å². The highest BCUT2D eigenvalue weighted by molar-refractivity contribution is 6.31. The minimum Gasteiger partial charge on any atom is -0.351 e. The molecule has 1 heterocycles. The first-order valence-corrected chi connectivity index (χ1v) is 7.15. The molecule has 0 bridgehead atoms. The molecule has 2 fully saturated rings. The zero-order valence-electron chi connectivity index (χ0n) is 10.7. The summed E-state index contributed by atoms with van der Waals surface area (Å²) in [7, 11) is 0. The molecule has 1 aliphatic heterocycles. The lowest BCUT2D eigenvalue weighted by atomic mass is 9.96. The third-order valence-corrected chi connectivity index (χ3v) is 4.48. The van der Waals surface area contributed by atoms with Crippen LogP contribution in [0.5, 0.6) is 0 Å². The van der Waals surface area contributed by atoms with E-state index in [1.165, 1.54) is 6.42 Å². The molecule has 1 saturated heterocycles. The number of rotatable bonds is 3. The van der Waals surface area contributed by atoms with Gasteiger partial charge in [0.2, 0.25) is 5.91 Å².